The van der Waals surface area contributed by atoms with Gasteiger partial charge in [-0.3, -0.25) is 0 Å². The molecule has 2 N–H and O–H groups in total. The van der Waals surface area contributed by atoms with Crippen molar-refractivity contribution in [2.45, 2.75) is 31.6 Å². The van der Waals surface area contributed by atoms with Crippen LogP contribution in [0.4, 0.5) is 0 Å². The van der Waals surface area contributed by atoms with Crippen molar-refractivity contribution in [1.82, 2.24) is 0 Å². The first-order valence-corrected chi connectivity index (χ1v) is 4.88. The van der Waals surface area contributed by atoms with E-state index in [4.69, 9.17) is 10.3 Å². The van der Waals surface area contributed by atoms with Gasteiger partial charge in [0.2, 0.25) is 0 Å². The third-order valence-corrected chi connectivity index (χ3v) is 2.28. The van der Waals surface area contributed by atoms with Crippen molar-refractivity contribution in [1.29, 1.82) is 0 Å². The summed E-state index contributed by atoms with van der Waals surface area (Å²) in [5.41, 5.74) is 8.50. The molecule has 1 rings (SSSR count). The average Bonchev–Trinajstić information content (AvgIpc) is 2.25. The molecule has 0 amide bonds. The predicted octanol–water partition coefficient (Wildman–Crippen LogP) is 0.280. The molecular formula is C9H13N3O4. The van der Waals surface area contributed by atoms with E-state index in [9.17, 15) is 15.0 Å². The molecule has 0 radical (unpaired) electrons. The van der Waals surface area contributed by atoms with Gasteiger partial charge in [-0.05, 0) is 25.0 Å². The highest BCUT2D eigenvalue weighted by molar-refractivity contribution is 5.89. The lowest BCUT2D eigenvalue weighted by Crippen LogP contribution is -2.39. The second kappa shape index (κ2) is 5.50. The first-order chi connectivity index (χ1) is 7.60. The van der Waals surface area contributed by atoms with Crippen LogP contribution in [-0.2, 0) is 9.53 Å². The minimum absolute atomic E-state index is 0.0706. The molecule has 0 fully saturated rings. The topological polar surface area (TPSA) is 116 Å². The van der Waals surface area contributed by atoms with E-state index >= 15 is 0 Å². The zero-order valence-electron chi connectivity index (χ0n) is 8.78. The molecular weight excluding hydrogens is 214 g/mol. The molecule has 0 spiro atoms. The van der Waals surface area contributed by atoms with Crippen LogP contribution in [0.5, 0.6) is 0 Å². The molecule has 3 atom stereocenters. The van der Waals surface area contributed by atoms with Crippen molar-refractivity contribution in [3.05, 3.63) is 22.1 Å². The van der Waals surface area contributed by atoms with Gasteiger partial charge in [0.15, 0.2) is 0 Å². The molecule has 0 saturated heterocycles. The number of aliphatic hydroxyl groups is 2. The Morgan fingerprint density at radius 3 is 3.00 bits per heavy atom. The Kier molecular flexibility index (Phi) is 4.30. The maximum Gasteiger partial charge on any atom is 0.333 e. The second-order valence-electron chi connectivity index (χ2n) is 3.37. The molecule has 0 saturated carbocycles. The number of hydrogen-bond donors (Lipinski definition) is 2. The van der Waals surface area contributed by atoms with Crippen molar-refractivity contribution in [2.75, 3.05) is 6.61 Å². The number of esters is 1. The number of nitrogens with zero attached hydrogens (tertiary/aromatic N) is 3. The zero-order valence-corrected chi connectivity index (χ0v) is 8.78. The molecule has 88 valence electrons. The SMILES string of the molecule is CCOC(=O)C1=C[C@H](O)[C@@H](O)[C@@H](N=[N+]=[N-])C1. The van der Waals surface area contributed by atoms with Gasteiger partial charge < -0.3 is 14.9 Å². The number of carbonyl (C=O) groups excluding carboxylic acids is 1. The summed E-state index contributed by atoms with van der Waals surface area (Å²) in [6.45, 7) is 1.89. The van der Waals surface area contributed by atoms with Gasteiger partial charge in [-0.2, -0.15) is 0 Å². The van der Waals surface area contributed by atoms with Crippen molar-refractivity contribution >= 4 is 5.97 Å². The molecule has 0 aliphatic heterocycles. The summed E-state index contributed by atoms with van der Waals surface area (Å²) in [7, 11) is 0. The third-order valence-electron chi connectivity index (χ3n) is 2.28. The number of aliphatic hydroxyl groups excluding tert-OH is 2. The number of carbonyl (C=O) groups is 1. The maximum atomic E-state index is 11.4. The number of azide groups is 1. The molecule has 1 aliphatic rings. The van der Waals surface area contributed by atoms with Gasteiger partial charge in [0.25, 0.3) is 0 Å². The lowest BCUT2D eigenvalue weighted by Gasteiger charge is -2.27. The van der Waals surface area contributed by atoms with Gasteiger partial charge >= 0.3 is 5.97 Å². The number of hydrogen-bond acceptors (Lipinski definition) is 5. The Labute approximate surface area is 92.0 Å². The minimum atomic E-state index is -1.22. The summed E-state index contributed by atoms with van der Waals surface area (Å²) in [5.74, 6) is -0.563. The Morgan fingerprint density at radius 2 is 2.44 bits per heavy atom. The molecule has 0 aromatic heterocycles. The Bertz CT molecular complexity index is 349. The Hall–Kier alpha value is -1.56. The molecule has 0 bridgehead atoms. The molecule has 0 aromatic carbocycles. The van der Waals surface area contributed by atoms with Crippen molar-refractivity contribution < 1.29 is 19.7 Å². The van der Waals surface area contributed by atoms with Crippen LogP contribution in [0.3, 0.4) is 0 Å². The summed E-state index contributed by atoms with van der Waals surface area (Å²) in [5, 5.41) is 22.3. The van der Waals surface area contributed by atoms with Crippen molar-refractivity contribution in [3.8, 4) is 0 Å². The Morgan fingerprint density at radius 1 is 1.75 bits per heavy atom. The quantitative estimate of drug-likeness (QED) is 0.311. The van der Waals surface area contributed by atoms with Crippen molar-refractivity contribution in [2.24, 2.45) is 5.11 Å². The fourth-order valence-electron chi connectivity index (χ4n) is 1.50. The highest BCUT2D eigenvalue weighted by atomic mass is 16.5. The Balaban J connectivity index is 2.84. The van der Waals surface area contributed by atoms with Gasteiger partial charge in [-0.25, -0.2) is 4.79 Å². The summed E-state index contributed by atoms with van der Waals surface area (Å²) >= 11 is 0. The summed E-state index contributed by atoms with van der Waals surface area (Å²) in [6, 6.07) is -0.843. The monoisotopic (exact) mass is 227 g/mol. The molecule has 7 heteroatoms. The summed E-state index contributed by atoms with van der Waals surface area (Å²) in [6.07, 6.45) is -1.11. The van der Waals surface area contributed by atoms with Crippen LogP contribution < -0.4 is 0 Å². The van der Waals surface area contributed by atoms with E-state index in [0.29, 0.717) is 0 Å². The maximum absolute atomic E-state index is 11.4. The average molecular weight is 227 g/mol. The molecule has 16 heavy (non-hydrogen) atoms. The fraction of sp³-hybridized carbons (Fsp3) is 0.667. The van der Waals surface area contributed by atoms with Gasteiger partial charge in [-0.15, -0.1) is 0 Å². The van der Waals surface area contributed by atoms with Crippen LogP contribution >= 0.6 is 0 Å². The smallest absolute Gasteiger partial charge is 0.333 e. The van der Waals surface area contributed by atoms with Crippen LogP contribution in [0.1, 0.15) is 13.3 Å². The van der Waals surface area contributed by atoms with Crippen LogP contribution in [0.25, 0.3) is 10.4 Å². The summed E-state index contributed by atoms with van der Waals surface area (Å²) < 4.78 is 4.76. The highest BCUT2D eigenvalue weighted by Crippen LogP contribution is 2.23. The normalized spacial score (nSPS) is 28.9. The lowest BCUT2D eigenvalue weighted by molar-refractivity contribution is -0.139. The largest absolute Gasteiger partial charge is 0.463 e. The van der Waals surface area contributed by atoms with Gasteiger partial charge in [0.1, 0.15) is 0 Å². The van der Waals surface area contributed by atoms with Crippen LogP contribution in [0.2, 0.25) is 0 Å². The second-order valence-corrected chi connectivity index (χ2v) is 3.37. The van der Waals surface area contributed by atoms with E-state index in [-0.39, 0.29) is 18.6 Å². The van der Waals surface area contributed by atoms with Crippen LogP contribution in [-0.4, -0.2) is 41.0 Å². The van der Waals surface area contributed by atoms with E-state index in [1.54, 1.807) is 6.92 Å². The molecule has 0 aromatic rings. The van der Waals surface area contributed by atoms with Gasteiger partial charge in [-0.1, -0.05) is 5.11 Å². The zero-order chi connectivity index (χ0) is 12.1. The van der Waals surface area contributed by atoms with E-state index in [1.165, 1.54) is 6.08 Å². The summed E-state index contributed by atoms with van der Waals surface area (Å²) in [4.78, 5) is 13.9. The van der Waals surface area contributed by atoms with E-state index in [2.05, 4.69) is 10.0 Å². The first-order valence-electron chi connectivity index (χ1n) is 4.88. The van der Waals surface area contributed by atoms with Gasteiger partial charge in [0.05, 0.1) is 24.9 Å². The van der Waals surface area contributed by atoms with Crippen LogP contribution in [0, 0.1) is 0 Å². The van der Waals surface area contributed by atoms with E-state index in [1.807, 2.05) is 0 Å². The van der Waals surface area contributed by atoms with Crippen molar-refractivity contribution in [3.63, 3.8) is 0 Å². The number of rotatable bonds is 3. The number of ether oxygens (including phenoxy) is 1. The highest BCUT2D eigenvalue weighted by Gasteiger charge is 2.32. The van der Waals surface area contributed by atoms with Gasteiger partial charge in [0, 0.05) is 10.5 Å². The first kappa shape index (κ1) is 12.5. The molecule has 0 heterocycles. The van der Waals surface area contributed by atoms with E-state index in [0.717, 1.165) is 0 Å². The third kappa shape index (κ3) is 2.73. The standard InChI is InChI=1S/C9H13N3O4/c1-2-16-9(15)5-3-6(11-12-10)8(14)7(13)4-5/h4,6-8,13-14H,2-3H2,1H3/t6-,7-,8-/m0/s1. The lowest BCUT2D eigenvalue weighted by atomic mass is 9.91. The molecule has 7 nitrogen and oxygen atoms in total. The van der Waals surface area contributed by atoms with E-state index < -0.39 is 24.2 Å². The minimum Gasteiger partial charge on any atom is -0.463 e. The van der Waals surface area contributed by atoms with Crippen LogP contribution in [0.15, 0.2) is 16.8 Å². The molecule has 0 unspecified atom stereocenters. The molecule has 1 aliphatic carbocycles. The fourth-order valence-corrected chi connectivity index (χ4v) is 1.50. The predicted molar refractivity (Wildman–Crippen MR) is 54.3 cm³/mol.